The smallest absolute Gasteiger partial charge is 0.240 e. The Morgan fingerprint density at radius 1 is 1.19 bits per heavy atom. The number of carbonyl (C=O) groups is 1. The van der Waals surface area contributed by atoms with Gasteiger partial charge in [0, 0.05) is 21.6 Å². The van der Waals surface area contributed by atoms with Gasteiger partial charge in [0.2, 0.25) is 5.91 Å². The molecule has 0 aliphatic carbocycles. The molecule has 2 nitrogen and oxygen atoms in total. The van der Waals surface area contributed by atoms with Crippen LogP contribution in [0.25, 0.3) is 0 Å². The minimum Gasteiger partial charge on any atom is -0.311 e. The van der Waals surface area contributed by atoms with E-state index in [2.05, 4.69) is 22.0 Å². The summed E-state index contributed by atoms with van der Waals surface area (Å²) < 4.78 is 1.05. The second kappa shape index (κ2) is 6.24. The van der Waals surface area contributed by atoms with Gasteiger partial charge in [-0.25, -0.2) is 0 Å². The van der Waals surface area contributed by atoms with Crippen LogP contribution < -0.4 is 4.90 Å². The third-order valence-corrected chi connectivity index (χ3v) is 5.26. The van der Waals surface area contributed by atoms with Crippen LogP contribution in [0.1, 0.15) is 12.5 Å². The molecule has 0 bridgehead atoms. The number of halogens is 1. The lowest BCUT2D eigenvalue weighted by atomic mass is 10.2. The molecular weight excluding hydrogens is 346 g/mol. The first kappa shape index (κ1) is 14.7. The molecule has 0 saturated carbocycles. The lowest BCUT2D eigenvalue weighted by Gasteiger charge is -2.21. The monoisotopic (exact) mass is 361 g/mol. The Kier molecular flexibility index (Phi) is 4.36. The molecule has 1 aliphatic rings. The van der Waals surface area contributed by atoms with Crippen LogP contribution in [-0.4, -0.2) is 17.7 Å². The van der Waals surface area contributed by atoms with E-state index < -0.39 is 0 Å². The molecule has 0 saturated heterocycles. The van der Waals surface area contributed by atoms with Crippen molar-refractivity contribution in [1.82, 2.24) is 0 Å². The standard InChI is InChI=1S/C17H16BrNOS/c1-12(21-15-8-6-14(18)7-9-15)17(20)19-11-10-13-4-2-3-5-16(13)19/h2-9,12H,10-11H2,1H3/t12-/m1/s1. The van der Waals surface area contributed by atoms with Crippen molar-refractivity contribution in [3.63, 3.8) is 0 Å². The summed E-state index contributed by atoms with van der Waals surface area (Å²) in [6.07, 6.45) is 0.956. The van der Waals surface area contributed by atoms with Crippen molar-refractivity contribution >= 4 is 39.3 Å². The number of nitrogens with zero attached hydrogens (tertiary/aromatic N) is 1. The van der Waals surface area contributed by atoms with Gasteiger partial charge in [-0.05, 0) is 49.2 Å². The second-order valence-electron chi connectivity index (χ2n) is 5.08. The van der Waals surface area contributed by atoms with Gasteiger partial charge in [0.15, 0.2) is 0 Å². The summed E-state index contributed by atoms with van der Waals surface area (Å²) in [5.41, 5.74) is 2.34. The van der Waals surface area contributed by atoms with Crippen molar-refractivity contribution in [2.45, 2.75) is 23.5 Å². The fourth-order valence-electron chi connectivity index (χ4n) is 2.55. The third-order valence-electron chi connectivity index (χ3n) is 3.63. The molecule has 0 aromatic heterocycles. The van der Waals surface area contributed by atoms with Gasteiger partial charge in [0.05, 0.1) is 5.25 Å². The van der Waals surface area contributed by atoms with Gasteiger partial charge in [-0.2, -0.15) is 0 Å². The Balaban J connectivity index is 1.72. The van der Waals surface area contributed by atoms with Crippen LogP contribution in [0.15, 0.2) is 57.9 Å². The summed E-state index contributed by atoms with van der Waals surface area (Å²) in [5, 5.41) is -0.0858. The lowest BCUT2D eigenvalue weighted by molar-refractivity contribution is -0.117. The van der Waals surface area contributed by atoms with Crippen LogP contribution in [0.2, 0.25) is 0 Å². The largest absolute Gasteiger partial charge is 0.311 e. The maximum atomic E-state index is 12.7. The van der Waals surface area contributed by atoms with Gasteiger partial charge in [-0.15, -0.1) is 11.8 Å². The fraction of sp³-hybridized carbons (Fsp3) is 0.235. The minimum absolute atomic E-state index is 0.0858. The molecule has 0 radical (unpaired) electrons. The number of rotatable bonds is 3. The van der Waals surface area contributed by atoms with Crippen molar-refractivity contribution in [2.24, 2.45) is 0 Å². The summed E-state index contributed by atoms with van der Waals surface area (Å²) in [7, 11) is 0. The quantitative estimate of drug-likeness (QED) is 0.749. The maximum absolute atomic E-state index is 12.7. The third kappa shape index (κ3) is 3.16. The molecule has 4 heteroatoms. The molecule has 0 fully saturated rings. The van der Waals surface area contributed by atoms with Crippen molar-refractivity contribution in [2.75, 3.05) is 11.4 Å². The van der Waals surface area contributed by atoms with Crippen LogP contribution in [0.5, 0.6) is 0 Å². The minimum atomic E-state index is -0.0858. The average Bonchev–Trinajstić information content (AvgIpc) is 2.92. The van der Waals surface area contributed by atoms with Gasteiger partial charge in [-0.1, -0.05) is 34.1 Å². The summed E-state index contributed by atoms with van der Waals surface area (Å²) >= 11 is 5.04. The maximum Gasteiger partial charge on any atom is 0.240 e. The Morgan fingerprint density at radius 2 is 1.90 bits per heavy atom. The van der Waals surface area contributed by atoms with Crippen LogP contribution in [0.3, 0.4) is 0 Å². The zero-order chi connectivity index (χ0) is 14.8. The molecule has 2 aromatic carbocycles. The van der Waals surface area contributed by atoms with E-state index in [-0.39, 0.29) is 11.2 Å². The molecule has 1 heterocycles. The van der Waals surface area contributed by atoms with Crippen molar-refractivity contribution in [3.05, 3.63) is 58.6 Å². The van der Waals surface area contributed by atoms with Crippen molar-refractivity contribution in [3.8, 4) is 0 Å². The lowest BCUT2D eigenvalue weighted by Crippen LogP contribution is -2.35. The molecule has 0 spiro atoms. The number of thioether (sulfide) groups is 1. The number of anilines is 1. The molecule has 108 valence electrons. The molecule has 1 amide bonds. The van der Waals surface area contributed by atoms with Gasteiger partial charge < -0.3 is 4.90 Å². The predicted molar refractivity (Wildman–Crippen MR) is 92.0 cm³/mol. The molecule has 0 unspecified atom stereocenters. The van der Waals surface area contributed by atoms with E-state index in [0.29, 0.717) is 0 Å². The Morgan fingerprint density at radius 3 is 2.67 bits per heavy atom. The zero-order valence-electron chi connectivity index (χ0n) is 11.8. The number of para-hydroxylation sites is 1. The fourth-order valence-corrected chi connectivity index (χ4v) is 3.75. The Bertz CT molecular complexity index is 656. The number of hydrogen-bond donors (Lipinski definition) is 0. The first-order valence-electron chi connectivity index (χ1n) is 6.96. The molecule has 1 atom stereocenters. The Hall–Kier alpha value is -1.26. The number of benzene rings is 2. The first-order chi connectivity index (χ1) is 10.1. The normalized spacial score (nSPS) is 14.9. The van der Waals surface area contributed by atoms with Gasteiger partial charge in [0.1, 0.15) is 0 Å². The van der Waals surface area contributed by atoms with E-state index in [9.17, 15) is 4.79 Å². The van der Waals surface area contributed by atoms with Gasteiger partial charge >= 0.3 is 0 Å². The van der Waals surface area contributed by atoms with Gasteiger partial charge in [0.25, 0.3) is 0 Å². The molecule has 3 rings (SSSR count). The molecule has 1 aliphatic heterocycles. The average molecular weight is 362 g/mol. The summed E-state index contributed by atoms with van der Waals surface area (Å²) in [4.78, 5) is 15.7. The molecule has 0 N–H and O–H groups in total. The SMILES string of the molecule is C[C@@H](Sc1ccc(Br)cc1)C(=O)N1CCc2ccccc21. The molecule has 21 heavy (non-hydrogen) atoms. The van der Waals surface area contributed by atoms with Crippen molar-refractivity contribution < 1.29 is 4.79 Å². The van der Waals surface area contributed by atoms with E-state index in [4.69, 9.17) is 0 Å². The first-order valence-corrected chi connectivity index (χ1v) is 8.64. The number of carbonyl (C=O) groups excluding carboxylic acids is 1. The van der Waals surface area contributed by atoms with Crippen LogP contribution in [0, 0.1) is 0 Å². The van der Waals surface area contributed by atoms with E-state index in [1.165, 1.54) is 5.56 Å². The summed E-state index contributed by atoms with van der Waals surface area (Å²) in [6.45, 7) is 2.78. The van der Waals surface area contributed by atoms with Gasteiger partial charge in [-0.3, -0.25) is 4.79 Å². The highest BCUT2D eigenvalue weighted by Gasteiger charge is 2.28. The van der Waals surface area contributed by atoms with E-state index >= 15 is 0 Å². The predicted octanol–water partition coefficient (Wildman–Crippen LogP) is 4.52. The number of hydrogen-bond acceptors (Lipinski definition) is 2. The van der Waals surface area contributed by atoms with E-state index in [1.54, 1.807) is 11.8 Å². The van der Waals surface area contributed by atoms with Crippen LogP contribution in [0.4, 0.5) is 5.69 Å². The van der Waals surface area contributed by atoms with Crippen molar-refractivity contribution in [1.29, 1.82) is 0 Å². The second-order valence-corrected chi connectivity index (χ2v) is 7.41. The summed E-state index contributed by atoms with van der Waals surface area (Å²) in [6, 6.07) is 16.3. The molecular formula is C17H16BrNOS. The number of fused-ring (bicyclic) bond motifs is 1. The zero-order valence-corrected chi connectivity index (χ0v) is 14.2. The van der Waals surface area contributed by atoms with E-state index in [1.807, 2.05) is 54.3 Å². The van der Waals surface area contributed by atoms with Crippen LogP contribution >= 0.6 is 27.7 Å². The Labute approximate surface area is 137 Å². The highest BCUT2D eigenvalue weighted by atomic mass is 79.9. The highest BCUT2D eigenvalue weighted by Crippen LogP contribution is 2.31. The van der Waals surface area contributed by atoms with Crippen LogP contribution in [-0.2, 0) is 11.2 Å². The molecule has 2 aromatic rings. The topological polar surface area (TPSA) is 20.3 Å². The van der Waals surface area contributed by atoms with E-state index in [0.717, 1.165) is 28.0 Å². The highest BCUT2D eigenvalue weighted by molar-refractivity contribution is 9.10. The number of amides is 1. The summed E-state index contributed by atoms with van der Waals surface area (Å²) in [5.74, 6) is 0.188.